The van der Waals surface area contributed by atoms with Crippen molar-refractivity contribution in [3.63, 3.8) is 0 Å². The number of amides is 1. The summed E-state index contributed by atoms with van der Waals surface area (Å²) < 4.78 is 12.4. The van der Waals surface area contributed by atoms with Crippen molar-refractivity contribution in [2.45, 2.75) is 13.1 Å². The summed E-state index contributed by atoms with van der Waals surface area (Å²) in [5, 5.41) is 5.37. The van der Waals surface area contributed by atoms with Crippen molar-refractivity contribution in [3.05, 3.63) is 69.2 Å². The first kappa shape index (κ1) is 18.0. The summed E-state index contributed by atoms with van der Waals surface area (Å²) in [6.45, 7) is 0.524. The van der Waals surface area contributed by atoms with Gasteiger partial charge in [-0.15, -0.1) is 0 Å². The predicted molar refractivity (Wildman–Crippen MR) is 106 cm³/mol. The smallest absolute Gasteiger partial charge is 0.341 e. The van der Waals surface area contributed by atoms with Gasteiger partial charge in [-0.1, -0.05) is 29.3 Å². The Morgan fingerprint density at radius 3 is 2.97 bits per heavy atom. The first-order chi connectivity index (χ1) is 14.0. The van der Waals surface area contributed by atoms with Crippen molar-refractivity contribution in [1.29, 1.82) is 0 Å². The van der Waals surface area contributed by atoms with Gasteiger partial charge in [0.15, 0.2) is 5.58 Å². The van der Waals surface area contributed by atoms with Gasteiger partial charge in [0.1, 0.15) is 11.3 Å². The van der Waals surface area contributed by atoms with Crippen LogP contribution in [0.2, 0.25) is 10.0 Å². The Kier molecular flexibility index (Phi) is 4.04. The van der Waals surface area contributed by atoms with E-state index < -0.39 is 5.97 Å². The first-order valence-electron chi connectivity index (χ1n) is 8.71. The minimum atomic E-state index is -0.584. The molecule has 1 aliphatic rings. The van der Waals surface area contributed by atoms with Crippen LogP contribution in [0.5, 0.6) is 0 Å². The van der Waals surface area contributed by atoms with E-state index in [0.29, 0.717) is 33.3 Å². The second-order valence-corrected chi connectivity index (χ2v) is 7.52. The molecule has 5 rings (SSSR count). The standard InChI is InChI=1S/C20H13Cl2N3O4/c1-28-20(27)13-6-11(21)5-12-16(22)15(29-18(12)13)9-24-8-10-3-2-4-25-17(10)14(7-23-25)19(24)26/h2-7H,8-9H2,1H3. The van der Waals surface area contributed by atoms with Gasteiger partial charge in [0.25, 0.3) is 5.91 Å². The van der Waals surface area contributed by atoms with Gasteiger partial charge >= 0.3 is 5.97 Å². The molecule has 3 aromatic heterocycles. The van der Waals surface area contributed by atoms with Gasteiger partial charge < -0.3 is 14.1 Å². The van der Waals surface area contributed by atoms with Crippen LogP contribution in [0.4, 0.5) is 0 Å². The Morgan fingerprint density at radius 2 is 2.17 bits per heavy atom. The Labute approximate surface area is 174 Å². The van der Waals surface area contributed by atoms with Crippen LogP contribution in [0.3, 0.4) is 0 Å². The summed E-state index contributed by atoms with van der Waals surface area (Å²) in [6.07, 6.45) is 3.36. The molecular formula is C20H13Cl2N3O4. The van der Waals surface area contributed by atoms with Gasteiger partial charge in [0.2, 0.25) is 0 Å². The third-order valence-corrected chi connectivity index (χ3v) is 5.64. The molecule has 4 aromatic rings. The number of benzene rings is 1. The molecule has 7 nitrogen and oxygen atoms in total. The molecule has 1 aromatic carbocycles. The maximum atomic E-state index is 13.0. The molecular weight excluding hydrogens is 417 g/mol. The van der Waals surface area contributed by atoms with E-state index in [9.17, 15) is 9.59 Å². The number of hydrogen-bond donors (Lipinski definition) is 0. The van der Waals surface area contributed by atoms with E-state index in [4.69, 9.17) is 32.4 Å². The van der Waals surface area contributed by atoms with Gasteiger partial charge in [-0.2, -0.15) is 5.10 Å². The van der Waals surface area contributed by atoms with Crippen LogP contribution in [0.15, 0.2) is 41.1 Å². The second-order valence-electron chi connectivity index (χ2n) is 6.71. The monoisotopic (exact) mass is 429 g/mol. The van der Waals surface area contributed by atoms with E-state index in [2.05, 4.69) is 5.10 Å². The lowest BCUT2D eigenvalue weighted by Gasteiger charge is -2.26. The topological polar surface area (TPSA) is 77.1 Å². The number of ether oxygens (including phenoxy) is 1. The van der Waals surface area contributed by atoms with E-state index in [1.165, 1.54) is 13.2 Å². The lowest BCUT2D eigenvalue weighted by molar-refractivity contribution is 0.0600. The molecule has 146 valence electrons. The highest BCUT2D eigenvalue weighted by Crippen LogP contribution is 2.37. The Hall–Kier alpha value is -3.03. The van der Waals surface area contributed by atoms with E-state index in [0.717, 1.165) is 11.1 Å². The molecule has 1 amide bonds. The van der Waals surface area contributed by atoms with Crippen LogP contribution >= 0.6 is 23.2 Å². The number of furan rings is 1. The third-order valence-electron chi connectivity index (χ3n) is 5.00. The molecule has 0 spiro atoms. The molecule has 1 aliphatic heterocycles. The number of rotatable bonds is 3. The molecule has 0 radical (unpaired) electrons. The van der Waals surface area contributed by atoms with Crippen LogP contribution in [0.1, 0.15) is 32.0 Å². The van der Waals surface area contributed by atoms with Crippen LogP contribution in [-0.2, 0) is 17.8 Å². The summed E-state index contributed by atoms with van der Waals surface area (Å²) in [5.74, 6) is -0.383. The number of fused-ring (bicyclic) bond motifs is 1. The molecule has 29 heavy (non-hydrogen) atoms. The van der Waals surface area contributed by atoms with Crippen molar-refractivity contribution in [3.8, 4) is 0 Å². The molecule has 0 aliphatic carbocycles. The Bertz CT molecular complexity index is 1320. The van der Waals surface area contributed by atoms with Gasteiger partial charge in [0.05, 0.1) is 36.0 Å². The molecule has 0 fully saturated rings. The zero-order chi connectivity index (χ0) is 20.3. The lowest BCUT2D eigenvalue weighted by atomic mass is 10.1. The van der Waals surface area contributed by atoms with E-state index >= 15 is 0 Å². The summed E-state index contributed by atoms with van der Waals surface area (Å²) >= 11 is 12.6. The maximum Gasteiger partial charge on any atom is 0.341 e. The summed E-state index contributed by atoms with van der Waals surface area (Å²) in [5.41, 5.74) is 2.77. The average Bonchev–Trinajstić information content (AvgIpc) is 3.28. The van der Waals surface area contributed by atoms with E-state index in [1.807, 2.05) is 12.1 Å². The highest BCUT2D eigenvalue weighted by Gasteiger charge is 2.30. The third kappa shape index (κ3) is 2.69. The largest absolute Gasteiger partial charge is 0.465 e. The van der Waals surface area contributed by atoms with Crippen LogP contribution in [-0.4, -0.2) is 33.5 Å². The fourth-order valence-electron chi connectivity index (χ4n) is 3.70. The quantitative estimate of drug-likeness (QED) is 0.453. The van der Waals surface area contributed by atoms with Crippen LogP contribution in [0, 0.1) is 0 Å². The summed E-state index contributed by atoms with van der Waals surface area (Å²) in [7, 11) is 1.27. The molecule has 0 unspecified atom stereocenters. The molecule has 0 bridgehead atoms. The second kappa shape index (κ2) is 6.50. The number of carbonyl (C=O) groups excluding carboxylic acids is 2. The highest BCUT2D eigenvalue weighted by atomic mass is 35.5. The van der Waals surface area contributed by atoms with Gasteiger partial charge in [-0.05, 0) is 23.8 Å². The Balaban J connectivity index is 1.57. The minimum Gasteiger partial charge on any atom is -0.465 e. The number of halogens is 2. The fourth-order valence-corrected chi connectivity index (χ4v) is 4.15. The molecule has 9 heteroatoms. The van der Waals surface area contributed by atoms with Crippen molar-refractivity contribution in [2.24, 2.45) is 0 Å². The first-order valence-corrected chi connectivity index (χ1v) is 9.46. The highest BCUT2D eigenvalue weighted by molar-refractivity contribution is 6.38. The number of pyridine rings is 1. The van der Waals surface area contributed by atoms with Gasteiger partial charge in [-0.3, -0.25) is 4.79 Å². The zero-order valence-corrected chi connectivity index (χ0v) is 16.6. The van der Waals surface area contributed by atoms with Gasteiger partial charge in [-0.25, -0.2) is 9.31 Å². The van der Waals surface area contributed by atoms with Crippen LogP contribution in [0.25, 0.3) is 16.5 Å². The van der Waals surface area contributed by atoms with Crippen molar-refractivity contribution >= 4 is 51.6 Å². The van der Waals surface area contributed by atoms with Crippen molar-refractivity contribution in [2.75, 3.05) is 7.11 Å². The number of carbonyl (C=O) groups is 2. The fraction of sp³-hybridized carbons (Fsp3) is 0.150. The molecule has 0 N–H and O–H groups in total. The number of aromatic nitrogens is 2. The molecule has 4 heterocycles. The number of methoxy groups -OCH3 is 1. The number of nitrogens with zero attached hydrogens (tertiary/aromatic N) is 3. The number of esters is 1. The number of hydrogen-bond acceptors (Lipinski definition) is 5. The van der Waals surface area contributed by atoms with E-state index in [1.54, 1.807) is 27.9 Å². The molecule has 0 atom stereocenters. The SMILES string of the molecule is COC(=O)c1cc(Cl)cc2c(Cl)c(CN3Cc4cccn5ncc(c45)C3=O)oc12. The maximum absolute atomic E-state index is 13.0. The average molecular weight is 430 g/mol. The lowest BCUT2D eigenvalue weighted by Crippen LogP contribution is -2.33. The Morgan fingerprint density at radius 1 is 1.34 bits per heavy atom. The molecule has 0 saturated carbocycles. The van der Waals surface area contributed by atoms with Gasteiger partial charge in [0, 0.05) is 23.2 Å². The zero-order valence-electron chi connectivity index (χ0n) is 15.1. The van der Waals surface area contributed by atoms with Crippen molar-refractivity contribution < 1.29 is 18.7 Å². The van der Waals surface area contributed by atoms with Crippen LogP contribution < -0.4 is 0 Å². The normalized spacial score (nSPS) is 13.5. The summed E-state index contributed by atoms with van der Waals surface area (Å²) in [4.78, 5) is 26.7. The van der Waals surface area contributed by atoms with E-state index in [-0.39, 0.29) is 23.6 Å². The van der Waals surface area contributed by atoms with Crippen molar-refractivity contribution in [1.82, 2.24) is 14.5 Å². The minimum absolute atomic E-state index is 0.135. The summed E-state index contributed by atoms with van der Waals surface area (Å²) in [6, 6.07) is 6.92. The predicted octanol–water partition coefficient (Wildman–Crippen LogP) is 4.33. The molecule has 0 saturated heterocycles.